The lowest BCUT2D eigenvalue weighted by molar-refractivity contribution is 0.299. The molecule has 0 N–H and O–H groups in total. The number of rotatable bonds is 4. The normalized spacial score (nSPS) is 14.6. The van der Waals surface area contributed by atoms with Crippen molar-refractivity contribution in [2.75, 3.05) is 13.3 Å². The van der Waals surface area contributed by atoms with Crippen molar-refractivity contribution in [1.82, 2.24) is 0 Å². The first-order valence-electron chi connectivity index (χ1n) is 5.21. The molecule has 0 aliphatic heterocycles. The number of hydrogen-bond acceptors (Lipinski definition) is 2. The van der Waals surface area contributed by atoms with E-state index in [2.05, 4.69) is 47.0 Å². The van der Waals surface area contributed by atoms with Gasteiger partial charge in [-0.25, -0.2) is 0 Å². The van der Waals surface area contributed by atoms with Crippen molar-refractivity contribution in [3.63, 3.8) is 0 Å². The summed E-state index contributed by atoms with van der Waals surface area (Å²) in [5, 5.41) is 0.297. The summed E-state index contributed by atoms with van der Waals surface area (Å²) >= 11 is 0. The Labute approximate surface area is 91.3 Å². The summed E-state index contributed by atoms with van der Waals surface area (Å²) in [5.74, 6) is 0. The zero-order valence-electron chi connectivity index (χ0n) is 11.0. The van der Waals surface area contributed by atoms with Gasteiger partial charge in [-0.2, -0.15) is 0 Å². The summed E-state index contributed by atoms with van der Waals surface area (Å²) in [6.45, 7) is 15.8. The van der Waals surface area contributed by atoms with Crippen LogP contribution in [0.5, 0.6) is 0 Å². The van der Waals surface area contributed by atoms with Crippen molar-refractivity contribution < 1.29 is 8.85 Å². The Morgan fingerprint density at radius 3 is 1.71 bits per heavy atom. The van der Waals surface area contributed by atoms with E-state index in [-0.39, 0.29) is 0 Å². The minimum absolute atomic E-state index is 0.297. The van der Waals surface area contributed by atoms with Gasteiger partial charge in [-0.3, -0.25) is 0 Å². The largest absolute Gasteiger partial charge is 0.418 e. The van der Waals surface area contributed by atoms with Gasteiger partial charge in [0.1, 0.15) is 0 Å². The van der Waals surface area contributed by atoms with Gasteiger partial charge in [0.05, 0.1) is 6.23 Å². The van der Waals surface area contributed by atoms with Crippen LogP contribution in [0.4, 0.5) is 0 Å². The molecule has 0 aromatic rings. The Morgan fingerprint density at radius 2 is 1.43 bits per heavy atom. The van der Waals surface area contributed by atoms with Gasteiger partial charge in [0.15, 0.2) is 8.32 Å². The molecule has 0 aliphatic rings. The summed E-state index contributed by atoms with van der Waals surface area (Å²) in [5.41, 5.74) is 0. The van der Waals surface area contributed by atoms with E-state index >= 15 is 0 Å². The highest BCUT2D eigenvalue weighted by atomic mass is 28.4. The molecule has 0 fully saturated rings. The summed E-state index contributed by atoms with van der Waals surface area (Å²) < 4.78 is 11.6. The van der Waals surface area contributed by atoms with E-state index in [9.17, 15) is 0 Å². The molecule has 4 heteroatoms. The first-order valence-corrected chi connectivity index (χ1v) is 11.2. The highest BCUT2D eigenvalue weighted by molar-refractivity contribution is 6.76. The SMILES string of the molecule is CO[Si](C)(C)CO[Si](C)(C)C(C)(C)C. The van der Waals surface area contributed by atoms with Crippen LogP contribution in [0.25, 0.3) is 0 Å². The van der Waals surface area contributed by atoms with Crippen molar-refractivity contribution in [3.8, 4) is 0 Å². The molecule has 14 heavy (non-hydrogen) atoms. The molecular formula is C10H26O2Si2. The zero-order valence-corrected chi connectivity index (χ0v) is 13.0. The van der Waals surface area contributed by atoms with Crippen molar-refractivity contribution >= 4 is 16.6 Å². The van der Waals surface area contributed by atoms with Crippen LogP contribution < -0.4 is 0 Å². The minimum Gasteiger partial charge on any atom is -0.418 e. The third-order valence-electron chi connectivity index (χ3n) is 3.14. The van der Waals surface area contributed by atoms with Gasteiger partial charge in [-0.1, -0.05) is 20.8 Å². The second kappa shape index (κ2) is 4.47. The number of hydrogen-bond donors (Lipinski definition) is 0. The lowest BCUT2D eigenvalue weighted by Gasteiger charge is -2.38. The van der Waals surface area contributed by atoms with Crippen LogP contribution in [0, 0.1) is 0 Å². The van der Waals surface area contributed by atoms with Crippen LogP contribution in [-0.2, 0) is 8.85 Å². The van der Waals surface area contributed by atoms with Crippen LogP contribution in [0.1, 0.15) is 20.8 Å². The quantitative estimate of drug-likeness (QED) is 0.694. The maximum Gasteiger partial charge on any atom is 0.210 e. The Bertz CT molecular complexity index is 183. The highest BCUT2D eigenvalue weighted by Crippen LogP contribution is 2.36. The summed E-state index contributed by atoms with van der Waals surface area (Å²) in [4.78, 5) is 0. The smallest absolute Gasteiger partial charge is 0.210 e. The molecule has 0 unspecified atom stereocenters. The molecule has 0 bridgehead atoms. The van der Waals surface area contributed by atoms with Gasteiger partial charge < -0.3 is 8.85 Å². The average Bonchev–Trinajstić information content (AvgIpc) is 1.99. The Balaban J connectivity index is 4.27. The van der Waals surface area contributed by atoms with E-state index in [4.69, 9.17) is 8.85 Å². The Hall–Kier alpha value is 0.354. The molecular weight excluding hydrogens is 208 g/mol. The Morgan fingerprint density at radius 1 is 1.00 bits per heavy atom. The molecule has 0 spiro atoms. The molecule has 0 radical (unpaired) electrons. The fraction of sp³-hybridized carbons (Fsp3) is 1.00. The summed E-state index contributed by atoms with van der Waals surface area (Å²) in [6, 6.07) is 0. The monoisotopic (exact) mass is 234 g/mol. The van der Waals surface area contributed by atoms with Crippen LogP contribution >= 0.6 is 0 Å². The van der Waals surface area contributed by atoms with Gasteiger partial charge in [-0.05, 0) is 31.2 Å². The van der Waals surface area contributed by atoms with Crippen LogP contribution in [0.2, 0.25) is 31.2 Å². The van der Waals surface area contributed by atoms with E-state index in [0.29, 0.717) is 5.04 Å². The topological polar surface area (TPSA) is 18.5 Å². The molecule has 0 atom stereocenters. The minimum atomic E-state index is -1.58. The van der Waals surface area contributed by atoms with Crippen molar-refractivity contribution in [1.29, 1.82) is 0 Å². The van der Waals surface area contributed by atoms with E-state index in [1.807, 2.05) is 0 Å². The van der Waals surface area contributed by atoms with Gasteiger partial charge in [0, 0.05) is 7.11 Å². The highest BCUT2D eigenvalue weighted by Gasteiger charge is 2.38. The van der Waals surface area contributed by atoms with Crippen LogP contribution in [0.15, 0.2) is 0 Å². The van der Waals surface area contributed by atoms with E-state index in [0.717, 1.165) is 6.23 Å². The first-order chi connectivity index (χ1) is 6.02. The van der Waals surface area contributed by atoms with E-state index in [1.54, 1.807) is 7.11 Å². The fourth-order valence-electron chi connectivity index (χ4n) is 0.630. The Kier molecular flexibility index (Phi) is 4.58. The molecule has 0 saturated carbocycles. The third-order valence-corrected chi connectivity index (χ3v) is 9.85. The van der Waals surface area contributed by atoms with Crippen molar-refractivity contribution in [2.45, 2.75) is 52.0 Å². The maximum atomic E-state index is 6.13. The van der Waals surface area contributed by atoms with Gasteiger partial charge >= 0.3 is 0 Å². The van der Waals surface area contributed by atoms with E-state index in [1.165, 1.54) is 0 Å². The molecule has 0 rings (SSSR count). The van der Waals surface area contributed by atoms with Crippen LogP contribution in [-0.4, -0.2) is 30.0 Å². The third kappa shape index (κ3) is 4.25. The lowest BCUT2D eigenvalue weighted by atomic mass is 10.2. The molecule has 0 heterocycles. The van der Waals surface area contributed by atoms with E-state index < -0.39 is 16.6 Å². The standard InChI is InChI=1S/C10H26O2Si2/c1-10(2,3)14(7,8)12-9-13(5,6)11-4/h9H2,1-8H3. The maximum absolute atomic E-state index is 6.13. The molecule has 86 valence electrons. The molecule has 0 aromatic carbocycles. The lowest BCUT2D eigenvalue weighted by Crippen LogP contribution is -2.47. The molecule has 2 nitrogen and oxygen atoms in total. The fourth-order valence-corrected chi connectivity index (χ4v) is 4.01. The second-order valence-corrected chi connectivity index (χ2v) is 15.0. The average molecular weight is 234 g/mol. The molecule has 0 aromatic heterocycles. The van der Waals surface area contributed by atoms with Gasteiger partial charge in [0.2, 0.25) is 8.32 Å². The predicted molar refractivity (Wildman–Crippen MR) is 67.6 cm³/mol. The first kappa shape index (κ1) is 14.4. The summed E-state index contributed by atoms with van der Waals surface area (Å²) in [6.07, 6.45) is 0.819. The van der Waals surface area contributed by atoms with Gasteiger partial charge in [0.25, 0.3) is 0 Å². The predicted octanol–water partition coefficient (Wildman–Crippen LogP) is 3.40. The van der Waals surface area contributed by atoms with Crippen LogP contribution in [0.3, 0.4) is 0 Å². The van der Waals surface area contributed by atoms with Crippen molar-refractivity contribution in [3.05, 3.63) is 0 Å². The molecule has 0 aliphatic carbocycles. The molecule has 0 saturated heterocycles. The zero-order chi connectivity index (χ0) is 11.6. The summed E-state index contributed by atoms with van der Waals surface area (Å²) in [7, 11) is -1.34. The molecule has 0 amide bonds. The second-order valence-electron chi connectivity index (χ2n) is 6.01. The van der Waals surface area contributed by atoms with Crippen molar-refractivity contribution in [2.24, 2.45) is 0 Å². The van der Waals surface area contributed by atoms with Gasteiger partial charge in [-0.15, -0.1) is 0 Å².